The van der Waals surface area contributed by atoms with Crippen LogP contribution in [0.4, 0.5) is 0 Å². The molecule has 0 amide bonds. The van der Waals surface area contributed by atoms with E-state index >= 15 is 0 Å². The van der Waals surface area contributed by atoms with Gasteiger partial charge in [-0.2, -0.15) is 0 Å². The van der Waals surface area contributed by atoms with Crippen molar-refractivity contribution < 1.29 is 39.5 Å². The number of rotatable bonds is 1. The van der Waals surface area contributed by atoms with Gasteiger partial charge in [0.2, 0.25) is 0 Å². The largest absolute Gasteiger partial charge is 1.00 e. The molecule has 51 valence electrons. The number of carboxylic acids is 1. The van der Waals surface area contributed by atoms with Gasteiger partial charge in [0.15, 0.2) is 0 Å². The van der Waals surface area contributed by atoms with E-state index in [1.54, 1.807) is 0 Å². The van der Waals surface area contributed by atoms with Crippen LogP contribution in [-0.2, 0) is 4.79 Å². The number of hydrogen-bond donors (Lipinski definition) is 0. The summed E-state index contributed by atoms with van der Waals surface area (Å²) in [6.07, 6.45) is 0. The summed E-state index contributed by atoms with van der Waals surface area (Å²) in [6, 6.07) is 0. The Kier molecular flexibility index (Phi) is 6.04. The Hall–Kier alpha value is 0.687. The van der Waals surface area contributed by atoms with Crippen LogP contribution in [0.3, 0.4) is 0 Å². The molecule has 0 aliphatic rings. The van der Waals surface area contributed by atoms with Gasteiger partial charge < -0.3 is 9.90 Å². The van der Waals surface area contributed by atoms with E-state index in [4.69, 9.17) is 0 Å². The van der Waals surface area contributed by atoms with Crippen LogP contribution in [0.5, 0.6) is 0 Å². The van der Waals surface area contributed by atoms with Crippen molar-refractivity contribution in [1.82, 2.24) is 0 Å². The topological polar surface area (TPSA) is 40.1 Å². The van der Waals surface area contributed by atoms with Crippen molar-refractivity contribution in [3.8, 4) is 0 Å². The molecule has 0 aliphatic carbocycles. The van der Waals surface area contributed by atoms with Crippen molar-refractivity contribution in [1.29, 1.82) is 0 Å². The van der Waals surface area contributed by atoms with E-state index in [-0.39, 0.29) is 35.0 Å². The van der Waals surface area contributed by atoms with Gasteiger partial charge in [0.05, 0.1) is 0 Å². The molecule has 10 heavy (non-hydrogen) atoms. The molecule has 0 aromatic heterocycles. The Bertz CT molecular complexity index is 119. The van der Waals surface area contributed by atoms with Gasteiger partial charge in [0, 0.05) is 16.2 Å². The van der Waals surface area contributed by atoms with Crippen LogP contribution in [0.15, 0.2) is 0 Å². The first-order valence-electron chi connectivity index (χ1n) is 2.77. The average Bonchev–Trinajstić information content (AvgIpc) is 1.62. The molecule has 0 fully saturated rings. The molecule has 0 aliphatic heterocycles. The number of aliphatic carboxylic acids is 1. The number of carboxylic acid groups (broad SMARTS) is 1. The van der Waals surface area contributed by atoms with Crippen molar-refractivity contribution in [2.24, 2.45) is 5.41 Å². The van der Waals surface area contributed by atoms with Crippen LogP contribution in [0.25, 0.3) is 0 Å². The van der Waals surface area contributed by atoms with Gasteiger partial charge in [-0.25, -0.2) is 0 Å². The van der Waals surface area contributed by atoms with Crippen molar-refractivity contribution in [2.45, 2.75) is 26.3 Å². The summed E-state index contributed by atoms with van der Waals surface area (Å²) >= 11 is 0. The zero-order chi connectivity index (χ0) is 7.65. The molecule has 1 atom stereocenters. The molecule has 0 N–H and O–H groups in total. The summed E-state index contributed by atoms with van der Waals surface area (Å²) in [7, 11) is 3.05. The van der Waals surface area contributed by atoms with E-state index in [0.717, 1.165) is 0 Å². The molecule has 0 aromatic rings. The third-order valence-electron chi connectivity index (χ3n) is 1.10. The smallest absolute Gasteiger partial charge is 0.550 e. The average molecular weight is 165 g/mol. The maximum absolute atomic E-state index is 10.2. The molecule has 0 heterocycles. The van der Waals surface area contributed by atoms with Crippen molar-refractivity contribution >= 4 is 16.2 Å². The molecule has 0 saturated carbocycles. The van der Waals surface area contributed by atoms with Crippen LogP contribution in [0, 0.1) is 5.41 Å². The molecular formula is C6H10NaO2Si. The third-order valence-corrected chi connectivity index (χ3v) is 2.20. The fourth-order valence-electron chi connectivity index (χ4n) is 0.354. The molecule has 2 nitrogen and oxygen atoms in total. The molecule has 0 rings (SSSR count). The van der Waals surface area contributed by atoms with Gasteiger partial charge in [-0.15, -0.1) is 0 Å². The number of carbonyl (C=O) groups is 1. The summed E-state index contributed by atoms with van der Waals surface area (Å²) in [5.41, 5.74) is -0.840. The summed E-state index contributed by atoms with van der Waals surface area (Å²) in [5, 5.41) is 10.2. The summed E-state index contributed by atoms with van der Waals surface area (Å²) in [6.45, 7) is 5.50. The van der Waals surface area contributed by atoms with Gasteiger partial charge in [-0.3, -0.25) is 0 Å². The monoisotopic (exact) mass is 165 g/mol. The second-order valence-electron chi connectivity index (χ2n) is 3.12. The Morgan fingerprint density at radius 3 is 1.80 bits per heavy atom. The first kappa shape index (κ1) is 13.3. The Morgan fingerprint density at radius 1 is 1.50 bits per heavy atom. The molecule has 3 radical (unpaired) electrons. The maximum atomic E-state index is 10.2. The first-order chi connectivity index (χ1) is 3.85. The quantitative estimate of drug-likeness (QED) is 0.383. The predicted molar refractivity (Wildman–Crippen MR) is 34.0 cm³/mol. The summed E-state index contributed by atoms with van der Waals surface area (Å²) in [4.78, 5) is 10.2. The van der Waals surface area contributed by atoms with Gasteiger partial charge in [-0.05, 0) is 11.0 Å². The van der Waals surface area contributed by atoms with Gasteiger partial charge >= 0.3 is 29.6 Å². The Morgan fingerprint density at radius 2 is 1.80 bits per heavy atom. The maximum Gasteiger partial charge on any atom is 1.00 e. The zero-order valence-electron chi connectivity index (χ0n) is 6.89. The zero-order valence-corrected chi connectivity index (χ0v) is 9.89. The summed E-state index contributed by atoms with van der Waals surface area (Å²) in [5.74, 6) is -1.06. The first-order valence-corrected chi connectivity index (χ1v) is 3.35. The minimum atomic E-state index is -1.06. The molecule has 0 spiro atoms. The van der Waals surface area contributed by atoms with E-state index in [2.05, 4.69) is 10.2 Å². The van der Waals surface area contributed by atoms with Crippen LogP contribution in [-0.4, -0.2) is 16.2 Å². The van der Waals surface area contributed by atoms with Gasteiger partial charge in [-0.1, -0.05) is 20.8 Å². The van der Waals surface area contributed by atoms with E-state index in [0.29, 0.717) is 0 Å². The second-order valence-corrected chi connectivity index (χ2v) is 3.70. The standard InChI is InChI=1S/C6H11O2Si.Na/c1-6(2,3)4(9)5(7)8;/h4H,1-3H3,(H,7,8);/q;+1/p-1. The van der Waals surface area contributed by atoms with Gasteiger partial charge in [0.25, 0.3) is 0 Å². The van der Waals surface area contributed by atoms with Crippen LogP contribution in [0.2, 0.25) is 5.54 Å². The van der Waals surface area contributed by atoms with Crippen molar-refractivity contribution in [2.75, 3.05) is 0 Å². The third kappa shape index (κ3) is 4.49. The second kappa shape index (κ2) is 4.54. The molecular weight excluding hydrogens is 155 g/mol. The van der Waals surface area contributed by atoms with E-state index < -0.39 is 11.5 Å². The minimum absolute atomic E-state index is 0. The van der Waals surface area contributed by atoms with E-state index in [1.807, 2.05) is 20.8 Å². The van der Waals surface area contributed by atoms with E-state index in [9.17, 15) is 9.90 Å². The van der Waals surface area contributed by atoms with Crippen molar-refractivity contribution in [3.63, 3.8) is 0 Å². The van der Waals surface area contributed by atoms with Crippen LogP contribution < -0.4 is 34.7 Å². The Labute approximate surface area is 87.1 Å². The molecule has 0 saturated heterocycles. The minimum Gasteiger partial charge on any atom is -0.550 e. The van der Waals surface area contributed by atoms with Crippen LogP contribution >= 0.6 is 0 Å². The molecule has 0 aromatic carbocycles. The van der Waals surface area contributed by atoms with Crippen LogP contribution in [0.1, 0.15) is 20.8 Å². The predicted octanol–water partition coefficient (Wildman–Crippen LogP) is -3.26. The number of carbonyl (C=O) groups excluding carboxylic acids is 1. The fourth-order valence-corrected chi connectivity index (χ4v) is 0.354. The Balaban J connectivity index is 0. The van der Waals surface area contributed by atoms with Crippen molar-refractivity contribution in [3.05, 3.63) is 0 Å². The molecule has 1 unspecified atom stereocenters. The fraction of sp³-hybridized carbons (Fsp3) is 0.833. The SMILES string of the molecule is CC(C)(C)C([Si])C(=O)[O-].[Na+]. The molecule has 0 bridgehead atoms. The van der Waals surface area contributed by atoms with E-state index in [1.165, 1.54) is 0 Å². The van der Waals surface area contributed by atoms with Gasteiger partial charge in [0.1, 0.15) is 0 Å². The summed E-state index contributed by atoms with van der Waals surface area (Å²) < 4.78 is 0. The normalized spacial score (nSPS) is 13.6. The molecule has 4 heteroatoms. The number of hydrogen-bond acceptors (Lipinski definition) is 2.